The lowest BCUT2D eigenvalue weighted by atomic mass is 10.4. The molecule has 2 aromatic rings. The third kappa shape index (κ3) is 4.20. The predicted molar refractivity (Wildman–Crippen MR) is 77.4 cm³/mol. The van der Waals surface area contributed by atoms with Crippen LogP contribution in [0.5, 0.6) is 0 Å². The van der Waals surface area contributed by atoms with E-state index in [2.05, 4.69) is 27.4 Å². The summed E-state index contributed by atoms with van der Waals surface area (Å²) < 4.78 is 0. The van der Waals surface area contributed by atoms with Gasteiger partial charge in [0.2, 0.25) is 5.28 Å². The summed E-state index contributed by atoms with van der Waals surface area (Å²) in [7, 11) is 0. The fourth-order valence-electron chi connectivity index (χ4n) is 1.49. The molecule has 1 aromatic carbocycles. The van der Waals surface area contributed by atoms with Gasteiger partial charge in [-0.3, -0.25) is 0 Å². The van der Waals surface area contributed by atoms with Crippen LogP contribution in [0.2, 0.25) is 5.28 Å². The Morgan fingerprint density at radius 3 is 2.72 bits per heavy atom. The van der Waals surface area contributed by atoms with Crippen LogP contribution in [0.3, 0.4) is 0 Å². The Labute approximate surface area is 116 Å². The summed E-state index contributed by atoms with van der Waals surface area (Å²) in [6, 6.07) is 12.2. The van der Waals surface area contributed by atoms with Crippen molar-refractivity contribution in [3.63, 3.8) is 0 Å². The number of hydrogen-bond acceptors (Lipinski definition) is 4. The average molecular weight is 280 g/mol. The summed E-state index contributed by atoms with van der Waals surface area (Å²) in [5.41, 5.74) is 0.869. The molecule has 94 valence electrons. The molecular formula is C13H14ClN3S. The Morgan fingerprint density at radius 2 is 2.00 bits per heavy atom. The van der Waals surface area contributed by atoms with Crippen molar-refractivity contribution in [3.8, 4) is 0 Å². The van der Waals surface area contributed by atoms with E-state index in [9.17, 15) is 0 Å². The van der Waals surface area contributed by atoms with Gasteiger partial charge in [-0.2, -0.15) is 0 Å². The summed E-state index contributed by atoms with van der Waals surface area (Å²) in [6.07, 6.45) is 0. The zero-order chi connectivity index (χ0) is 12.8. The fraction of sp³-hybridized carbons (Fsp3) is 0.231. The van der Waals surface area contributed by atoms with Crippen molar-refractivity contribution < 1.29 is 0 Å². The molecule has 0 aliphatic heterocycles. The van der Waals surface area contributed by atoms with Gasteiger partial charge in [-0.15, -0.1) is 11.8 Å². The van der Waals surface area contributed by atoms with Crippen LogP contribution in [0.15, 0.2) is 41.3 Å². The van der Waals surface area contributed by atoms with Gasteiger partial charge >= 0.3 is 0 Å². The highest BCUT2D eigenvalue weighted by Crippen LogP contribution is 2.16. The highest BCUT2D eigenvalue weighted by molar-refractivity contribution is 7.99. The van der Waals surface area contributed by atoms with Crippen LogP contribution in [0.25, 0.3) is 0 Å². The molecule has 0 aliphatic carbocycles. The maximum absolute atomic E-state index is 5.79. The zero-order valence-electron chi connectivity index (χ0n) is 10.1. The molecule has 0 saturated carbocycles. The van der Waals surface area contributed by atoms with E-state index >= 15 is 0 Å². The molecule has 18 heavy (non-hydrogen) atoms. The maximum Gasteiger partial charge on any atom is 0.224 e. The minimum Gasteiger partial charge on any atom is -0.369 e. The molecule has 0 atom stereocenters. The van der Waals surface area contributed by atoms with E-state index in [0.717, 1.165) is 23.8 Å². The van der Waals surface area contributed by atoms with Crippen LogP contribution in [-0.4, -0.2) is 22.3 Å². The van der Waals surface area contributed by atoms with Crippen LogP contribution >= 0.6 is 23.4 Å². The summed E-state index contributed by atoms with van der Waals surface area (Å²) in [5.74, 6) is 1.76. The first-order valence-electron chi connectivity index (χ1n) is 5.67. The number of anilines is 1. The molecule has 0 aliphatic rings. The topological polar surface area (TPSA) is 37.8 Å². The highest BCUT2D eigenvalue weighted by Gasteiger charge is 1.99. The van der Waals surface area contributed by atoms with E-state index in [0.29, 0.717) is 0 Å². The second-order valence-corrected chi connectivity index (χ2v) is 5.26. The standard InChI is InChI=1S/C13H14ClN3S/c1-10-9-12(17-13(14)16-10)15-7-8-18-11-5-3-2-4-6-11/h2-6,9H,7-8H2,1H3,(H,15,16,17). The van der Waals surface area contributed by atoms with Gasteiger partial charge in [-0.05, 0) is 30.7 Å². The van der Waals surface area contributed by atoms with Gasteiger partial charge in [-0.25, -0.2) is 9.97 Å². The lowest BCUT2D eigenvalue weighted by Gasteiger charge is -2.06. The van der Waals surface area contributed by atoms with Gasteiger partial charge in [0.1, 0.15) is 5.82 Å². The van der Waals surface area contributed by atoms with Crippen LogP contribution < -0.4 is 5.32 Å². The van der Waals surface area contributed by atoms with Gasteiger partial charge in [-0.1, -0.05) is 18.2 Å². The maximum atomic E-state index is 5.79. The average Bonchev–Trinajstić information content (AvgIpc) is 2.35. The third-order valence-corrected chi connectivity index (χ3v) is 3.43. The molecular weight excluding hydrogens is 266 g/mol. The summed E-state index contributed by atoms with van der Waals surface area (Å²) in [5, 5.41) is 3.53. The second-order valence-electron chi connectivity index (χ2n) is 3.75. The van der Waals surface area contributed by atoms with Gasteiger partial charge < -0.3 is 5.32 Å². The Balaban J connectivity index is 1.78. The number of aryl methyl sites for hydroxylation is 1. The van der Waals surface area contributed by atoms with Gasteiger partial charge in [0, 0.05) is 29.0 Å². The number of aromatic nitrogens is 2. The molecule has 0 saturated heterocycles. The van der Waals surface area contributed by atoms with Crippen LogP contribution in [-0.2, 0) is 0 Å². The first-order valence-corrected chi connectivity index (χ1v) is 7.03. The van der Waals surface area contributed by atoms with Crippen molar-refractivity contribution >= 4 is 29.2 Å². The molecule has 2 rings (SSSR count). The molecule has 0 spiro atoms. The Morgan fingerprint density at radius 1 is 1.22 bits per heavy atom. The molecule has 0 radical (unpaired) electrons. The molecule has 1 N–H and O–H groups in total. The van der Waals surface area contributed by atoms with Crippen molar-refractivity contribution in [3.05, 3.63) is 47.4 Å². The van der Waals surface area contributed by atoms with Gasteiger partial charge in [0.05, 0.1) is 0 Å². The Bertz CT molecular complexity index is 485. The number of nitrogens with zero attached hydrogens (tertiary/aromatic N) is 2. The van der Waals surface area contributed by atoms with E-state index in [-0.39, 0.29) is 5.28 Å². The van der Waals surface area contributed by atoms with Crippen molar-refractivity contribution in [2.24, 2.45) is 0 Å². The molecule has 3 nitrogen and oxygen atoms in total. The first kappa shape index (κ1) is 13.2. The number of nitrogens with one attached hydrogen (secondary N) is 1. The van der Waals surface area contributed by atoms with E-state index in [1.807, 2.05) is 43.0 Å². The lowest BCUT2D eigenvalue weighted by Crippen LogP contribution is -2.06. The number of halogens is 1. The molecule has 0 unspecified atom stereocenters. The van der Waals surface area contributed by atoms with Crippen LogP contribution in [0, 0.1) is 6.92 Å². The molecule has 5 heteroatoms. The number of thioether (sulfide) groups is 1. The second kappa shape index (κ2) is 6.61. The van der Waals surface area contributed by atoms with Crippen LogP contribution in [0.4, 0.5) is 5.82 Å². The zero-order valence-corrected chi connectivity index (χ0v) is 11.6. The monoisotopic (exact) mass is 279 g/mol. The minimum atomic E-state index is 0.285. The molecule has 0 bridgehead atoms. The first-order chi connectivity index (χ1) is 8.74. The molecule has 0 amide bonds. The molecule has 0 fully saturated rings. The van der Waals surface area contributed by atoms with Crippen molar-refractivity contribution in [2.75, 3.05) is 17.6 Å². The summed E-state index contributed by atoms with van der Waals surface area (Å²) in [6.45, 7) is 2.74. The molecule has 1 aromatic heterocycles. The van der Waals surface area contributed by atoms with Gasteiger partial charge in [0.15, 0.2) is 0 Å². The van der Waals surface area contributed by atoms with Crippen molar-refractivity contribution in [2.45, 2.75) is 11.8 Å². The number of benzene rings is 1. The minimum absolute atomic E-state index is 0.285. The van der Waals surface area contributed by atoms with Crippen molar-refractivity contribution in [1.29, 1.82) is 0 Å². The van der Waals surface area contributed by atoms with Crippen LogP contribution in [0.1, 0.15) is 5.69 Å². The Kier molecular flexibility index (Phi) is 4.84. The van der Waals surface area contributed by atoms with E-state index in [1.165, 1.54) is 4.90 Å². The van der Waals surface area contributed by atoms with E-state index in [4.69, 9.17) is 11.6 Å². The highest BCUT2D eigenvalue weighted by atomic mass is 35.5. The smallest absolute Gasteiger partial charge is 0.224 e. The summed E-state index contributed by atoms with van der Waals surface area (Å²) in [4.78, 5) is 9.41. The van der Waals surface area contributed by atoms with Crippen molar-refractivity contribution in [1.82, 2.24) is 9.97 Å². The fourth-order valence-corrected chi connectivity index (χ4v) is 2.50. The normalized spacial score (nSPS) is 10.3. The third-order valence-electron chi connectivity index (χ3n) is 2.25. The Hall–Kier alpha value is -1.26. The predicted octanol–water partition coefficient (Wildman–Crippen LogP) is 3.64. The SMILES string of the molecule is Cc1cc(NCCSc2ccccc2)nc(Cl)n1. The molecule has 1 heterocycles. The van der Waals surface area contributed by atoms with E-state index in [1.54, 1.807) is 0 Å². The number of hydrogen-bond donors (Lipinski definition) is 1. The van der Waals surface area contributed by atoms with Gasteiger partial charge in [0.25, 0.3) is 0 Å². The quantitative estimate of drug-likeness (QED) is 0.515. The summed E-state index contributed by atoms with van der Waals surface area (Å²) >= 11 is 7.60. The number of rotatable bonds is 5. The van der Waals surface area contributed by atoms with E-state index < -0.39 is 0 Å². The largest absolute Gasteiger partial charge is 0.369 e. The lowest BCUT2D eigenvalue weighted by molar-refractivity contribution is 1.08.